The molecule has 0 N–H and O–H groups in total. The number of benzene rings is 1. The lowest BCUT2D eigenvalue weighted by Crippen LogP contribution is -2.39. The molecular formula is C21H25Cl2N7O3S. The molecule has 4 rings (SSSR count). The van der Waals surface area contributed by atoms with Crippen molar-refractivity contribution in [1.82, 2.24) is 28.6 Å². The van der Waals surface area contributed by atoms with Crippen molar-refractivity contribution < 1.29 is 4.79 Å². The van der Waals surface area contributed by atoms with Gasteiger partial charge in [0.25, 0.3) is 5.56 Å². The standard InChI is InChI=1S/C21H24ClN7O3S.ClH/c1-25(2)9-6-10-29(20-24-16-13(22)7-5-8-14(16)33-20)15(30)11-28-12-23-18-17(28)19(31)27(4)21(32)26(18)3;/h5,7-8,12H,6,9-11H2,1-4H3;1H. The van der Waals surface area contributed by atoms with E-state index in [1.54, 1.807) is 18.0 Å². The van der Waals surface area contributed by atoms with E-state index >= 15 is 0 Å². The molecule has 0 fully saturated rings. The first-order chi connectivity index (χ1) is 15.7. The summed E-state index contributed by atoms with van der Waals surface area (Å²) in [7, 11) is 6.89. The Balaban J connectivity index is 0.00000324. The minimum absolute atomic E-state index is 0. The van der Waals surface area contributed by atoms with Crippen LogP contribution in [0.15, 0.2) is 34.1 Å². The molecule has 4 aromatic rings. The number of imidazole rings is 1. The molecule has 0 spiro atoms. The summed E-state index contributed by atoms with van der Waals surface area (Å²) in [5.41, 5.74) is 0.127. The first kappa shape index (κ1) is 25.9. The van der Waals surface area contributed by atoms with Crippen LogP contribution in [-0.2, 0) is 25.4 Å². The summed E-state index contributed by atoms with van der Waals surface area (Å²) in [6.07, 6.45) is 2.15. The molecule has 0 saturated carbocycles. The van der Waals surface area contributed by atoms with Gasteiger partial charge in [0.1, 0.15) is 12.1 Å². The lowest BCUT2D eigenvalue weighted by Gasteiger charge is -2.21. The van der Waals surface area contributed by atoms with Crippen LogP contribution in [0.5, 0.6) is 0 Å². The fraction of sp³-hybridized carbons (Fsp3) is 0.381. The first-order valence-electron chi connectivity index (χ1n) is 10.3. The maximum atomic E-state index is 13.5. The van der Waals surface area contributed by atoms with Gasteiger partial charge in [0.15, 0.2) is 16.3 Å². The fourth-order valence-corrected chi connectivity index (χ4v) is 4.95. The molecule has 0 saturated heterocycles. The molecule has 0 radical (unpaired) electrons. The van der Waals surface area contributed by atoms with Gasteiger partial charge in [-0.15, -0.1) is 12.4 Å². The number of carbonyl (C=O) groups excluding carboxylic acids is 1. The minimum Gasteiger partial charge on any atom is -0.315 e. The van der Waals surface area contributed by atoms with Crippen LogP contribution in [0.2, 0.25) is 5.02 Å². The van der Waals surface area contributed by atoms with E-state index in [-0.39, 0.29) is 36.0 Å². The highest BCUT2D eigenvalue weighted by Gasteiger charge is 2.23. The van der Waals surface area contributed by atoms with E-state index in [1.165, 1.54) is 33.8 Å². The summed E-state index contributed by atoms with van der Waals surface area (Å²) < 4.78 is 4.68. The van der Waals surface area contributed by atoms with Crippen molar-refractivity contribution in [1.29, 1.82) is 0 Å². The third-order valence-corrected chi connectivity index (χ3v) is 6.75. The number of para-hydroxylation sites is 1. The van der Waals surface area contributed by atoms with E-state index in [9.17, 15) is 14.4 Å². The summed E-state index contributed by atoms with van der Waals surface area (Å²) in [6.45, 7) is 1.14. The normalized spacial score (nSPS) is 11.4. The summed E-state index contributed by atoms with van der Waals surface area (Å²) in [5.74, 6) is -0.237. The smallest absolute Gasteiger partial charge is 0.315 e. The number of hydrogen-bond acceptors (Lipinski definition) is 7. The van der Waals surface area contributed by atoms with Gasteiger partial charge in [0, 0.05) is 20.6 Å². The molecule has 3 heterocycles. The van der Waals surface area contributed by atoms with E-state index < -0.39 is 11.2 Å². The average Bonchev–Trinajstić information content (AvgIpc) is 3.39. The number of aromatic nitrogens is 5. The molecule has 0 atom stereocenters. The van der Waals surface area contributed by atoms with Crippen LogP contribution in [0.1, 0.15) is 6.42 Å². The Morgan fingerprint density at radius 1 is 1.15 bits per heavy atom. The van der Waals surface area contributed by atoms with Gasteiger partial charge >= 0.3 is 5.69 Å². The van der Waals surface area contributed by atoms with Crippen molar-refractivity contribution in [2.75, 3.05) is 32.1 Å². The molecule has 0 aliphatic carbocycles. The second kappa shape index (κ2) is 10.3. The third-order valence-electron chi connectivity index (χ3n) is 5.40. The maximum absolute atomic E-state index is 13.5. The molecule has 182 valence electrons. The van der Waals surface area contributed by atoms with Gasteiger partial charge in [-0.2, -0.15) is 0 Å². The van der Waals surface area contributed by atoms with Crippen molar-refractivity contribution in [2.24, 2.45) is 14.1 Å². The highest BCUT2D eigenvalue weighted by molar-refractivity contribution is 7.22. The predicted octanol–water partition coefficient (Wildman–Crippen LogP) is 2.10. The van der Waals surface area contributed by atoms with Crippen molar-refractivity contribution in [3.05, 3.63) is 50.4 Å². The molecule has 1 aromatic carbocycles. The largest absolute Gasteiger partial charge is 0.332 e. The van der Waals surface area contributed by atoms with Crippen molar-refractivity contribution >= 4 is 67.8 Å². The van der Waals surface area contributed by atoms with Crippen molar-refractivity contribution in [2.45, 2.75) is 13.0 Å². The summed E-state index contributed by atoms with van der Waals surface area (Å²) in [4.78, 5) is 50.9. The summed E-state index contributed by atoms with van der Waals surface area (Å²) in [5, 5.41) is 1.08. The molecule has 10 nitrogen and oxygen atoms in total. The van der Waals surface area contributed by atoms with Crippen LogP contribution in [0, 0.1) is 0 Å². The fourth-order valence-electron chi connectivity index (χ4n) is 3.64. The predicted molar refractivity (Wildman–Crippen MR) is 138 cm³/mol. The third kappa shape index (κ3) is 4.74. The highest BCUT2D eigenvalue weighted by Crippen LogP contribution is 2.33. The van der Waals surface area contributed by atoms with Gasteiger partial charge < -0.3 is 9.47 Å². The van der Waals surface area contributed by atoms with Crippen LogP contribution < -0.4 is 16.1 Å². The second-order valence-electron chi connectivity index (χ2n) is 8.04. The Morgan fingerprint density at radius 2 is 1.88 bits per heavy atom. The molecule has 0 aliphatic heterocycles. The van der Waals surface area contributed by atoms with E-state index in [1.807, 2.05) is 31.1 Å². The SMILES string of the molecule is CN(C)CCCN(C(=O)Cn1cnc2c1c(=O)n(C)c(=O)n2C)c1nc2c(Cl)cccc2s1.Cl. The van der Waals surface area contributed by atoms with Crippen molar-refractivity contribution in [3.8, 4) is 0 Å². The van der Waals surface area contributed by atoms with E-state index in [0.717, 1.165) is 22.2 Å². The number of carbonyl (C=O) groups is 1. The molecule has 13 heteroatoms. The van der Waals surface area contributed by atoms with Gasteiger partial charge in [-0.25, -0.2) is 14.8 Å². The Hall–Kier alpha value is -2.73. The monoisotopic (exact) mass is 525 g/mol. The zero-order valence-electron chi connectivity index (χ0n) is 19.2. The lowest BCUT2D eigenvalue weighted by atomic mass is 10.3. The van der Waals surface area contributed by atoms with Crippen LogP contribution in [0.3, 0.4) is 0 Å². The Bertz CT molecular complexity index is 1470. The number of hydrogen-bond donors (Lipinski definition) is 0. The molecular weight excluding hydrogens is 501 g/mol. The molecule has 34 heavy (non-hydrogen) atoms. The number of fused-ring (bicyclic) bond motifs is 2. The van der Waals surface area contributed by atoms with Gasteiger partial charge in [-0.1, -0.05) is 29.0 Å². The van der Waals surface area contributed by atoms with E-state index in [2.05, 4.69) is 9.97 Å². The Labute approximate surface area is 210 Å². The highest BCUT2D eigenvalue weighted by atomic mass is 35.5. The van der Waals surface area contributed by atoms with E-state index in [4.69, 9.17) is 11.6 Å². The quantitative estimate of drug-likeness (QED) is 0.366. The number of anilines is 1. The lowest BCUT2D eigenvalue weighted by molar-refractivity contribution is -0.119. The number of nitrogens with zero attached hydrogens (tertiary/aromatic N) is 7. The zero-order valence-corrected chi connectivity index (χ0v) is 21.6. The van der Waals surface area contributed by atoms with Gasteiger partial charge in [0.2, 0.25) is 5.91 Å². The molecule has 3 aromatic heterocycles. The molecule has 0 aliphatic rings. The molecule has 1 amide bonds. The Morgan fingerprint density at radius 3 is 2.56 bits per heavy atom. The molecule has 0 bridgehead atoms. The average molecular weight is 526 g/mol. The summed E-state index contributed by atoms with van der Waals surface area (Å²) in [6, 6.07) is 5.53. The number of thiazole rings is 1. The van der Waals surface area contributed by atoms with Gasteiger partial charge in [-0.05, 0) is 39.2 Å². The second-order valence-corrected chi connectivity index (χ2v) is 9.45. The first-order valence-corrected chi connectivity index (χ1v) is 11.5. The van der Waals surface area contributed by atoms with Gasteiger partial charge in [-0.3, -0.25) is 23.6 Å². The van der Waals surface area contributed by atoms with Gasteiger partial charge in [0.05, 0.1) is 16.0 Å². The minimum atomic E-state index is -0.496. The van der Waals surface area contributed by atoms with Crippen LogP contribution >= 0.6 is 35.3 Å². The zero-order chi connectivity index (χ0) is 23.9. The number of halogens is 2. The van der Waals surface area contributed by atoms with Crippen molar-refractivity contribution in [3.63, 3.8) is 0 Å². The summed E-state index contributed by atoms with van der Waals surface area (Å²) >= 11 is 7.69. The topological polar surface area (TPSA) is 98.3 Å². The van der Waals surface area contributed by atoms with Crippen LogP contribution in [0.4, 0.5) is 5.13 Å². The van der Waals surface area contributed by atoms with E-state index in [0.29, 0.717) is 22.2 Å². The maximum Gasteiger partial charge on any atom is 0.332 e. The number of amides is 1. The Kier molecular flexibility index (Phi) is 7.81. The van der Waals surface area contributed by atoms with Crippen LogP contribution in [-0.4, -0.2) is 61.7 Å². The number of aryl methyl sites for hydroxylation is 1. The molecule has 0 unspecified atom stereocenters. The van der Waals surface area contributed by atoms with Crippen LogP contribution in [0.25, 0.3) is 21.4 Å². The number of rotatable bonds is 7.